The number of Topliss-reactive ketones (excluding diaryl/α,β-unsaturated/α-hetero) is 3. The number of carbonyl (C=O) groups excluding carboxylic acids is 3. The summed E-state index contributed by atoms with van der Waals surface area (Å²) in [5, 5.41) is 1.72. The van der Waals surface area contributed by atoms with Gasteiger partial charge in [0.25, 0.3) is 0 Å². The zero-order chi connectivity index (χ0) is 14.5. The summed E-state index contributed by atoms with van der Waals surface area (Å²) in [5.41, 5.74) is 0.489. The van der Waals surface area contributed by atoms with Crippen molar-refractivity contribution in [3.05, 3.63) is 47.3 Å². The van der Waals surface area contributed by atoms with Crippen molar-refractivity contribution < 1.29 is 14.4 Å². The fourth-order valence-corrected chi connectivity index (χ4v) is 3.47. The molecule has 0 saturated carbocycles. The molecule has 2 rings (SSSR count). The van der Waals surface area contributed by atoms with Crippen LogP contribution in [0.25, 0.3) is 0 Å². The smallest absolute Gasteiger partial charge is 0.205 e. The van der Waals surface area contributed by atoms with Gasteiger partial charge in [0.05, 0.1) is 10.6 Å². The molecule has 0 fully saturated rings. The van der Waals surface area contributed by atoms with E-state index in [1.807, 2.05) is 30.3 Å². The monoisotopic (exact) mass is 304 g/mol. The molecule has 0 N–H and O–H groups in total. The van der Waals surface area contributed by atoms with Crippen LogP contribution in [0.1, 0.15) is 23.7 Å². The Kier molecular flexibility index (Phi) is 4.87. The van der Waals surface area contributed by atoms with E-state index in [9.17, 15) is 14.4 Å². The lowest BCUT2D eigenvalue weighted by molar-refractivity contribution is -0.134. The maximum Gasteiger partial charge on any atom is 0.205 e. The summed E-state index contributed by atoms with van der Waals surface area (Å²) in [5.74, 6) is -1.52. The Bertz CT molecular complexity index is 644. The largest absolute Gasteiger partial charge is 0.294 e. The molecule has 0 aliphatic rings. The molecule has 20 heavy (non-hydrogen) atoms. The Hall–Kier alpha value is -1.72. The van der Waals surface area contributed by atoms with Gasteiger partial charge in [-0.05, 0) is 18.2 Å². The highest BCUT2D eigenvalue weighted by Gasteiger charge is 2.16. The number of thiophene rings is 1. The molecular formula is C15H12O3S2. The summed E-state index contributed by atoms with van der Waals surface area (Å²) in [7, 11) is 0. The summed E-state index contributed by atoms with van der Waals surface area (Å²) in [6.07, 6.45) is -0.346. The van der Waals surface area contributed by atoms with Crippen molar-refractivity contribution in [3.63, 3.8) is 0 Å². The van der Waals surface area contributed by atoms with Crippen LogP contribution in [0, 0.1) is 0 Å². The molecule has 0 amide bonds. The van der Waals surface area contributed by atoms with Gasteiger partial charge in [-0.1, -0.05) is 30.0 Å². The van der Waals surface area contributed by atoms with Crippen LogP contribution in [0.5, 0.6) is 0 Å². The Morgan fingerprint density at radius 1 is 1.15 bits per heavy atom. The summed E-state index contributed by atoms with van der Waals surface area (Å²) in [4.78, 5) is 35.0. The van der Waals surface area contributed by atoms with Crippen LogP contribution in [-0.4, -0.2) is 17.3 Å². The maximum absolute atomic E-state index is 11.8. The lowest BCUT2D eigenvalue weighted by Gasteiger charge is -1.97. The van der Waals surface area contributed by atoms with Crippen molar-refractivity contribution in [3.8, 4) is 0 Å². The van der Waals surface area contributed by atoms with Crippen molar-refractivity contribution in [2.45, 2.75) is 22.4 Å². The molecule has 5 heteroatoms. The van der Waals surface area contributed by atoms with Crippen LogP contribution in [0.4, 0.5) is 0 Å². The summed E-state index contributed by atoms with van der Waals surface area (Å²) in [6, 6.07) is 11.6. The molecule has 0 atom stereocenters. The third kappa shape index (κ3) is 3.88. The van der Waals surface area contributed by atoms with E-state index in [0.717, 1.165) is 9.10 Å². The number of ketones is 3. The minimum Gasteiger partial charge on any atom is -0.294 e. The highest BCUT2D eigenvalue weighted by molar-refractivity contribution is 8.01. The second-order valence-corrected chi connectivity index (χ2v) is 6.43. The Balaban J connectivity index is 2.04. The fraction of sp³-hybridized carbons (Fsp3) is 0.133. The normalized spacial score (nSPS) is 10.2. The zero-order valence-electron chi connectivity index (χ0n) is 10.8. The number of hydrogen-bond acceptors (Lipinski definition) is 5. The van der Waals surface area contributed by atoms with Crippen molar-refractivity contribution in [1.29, 1.82) is 0 Å². The van der Waals surface area contributed by atoms with Gasteiger partial charge in [0.2, 0.25) is 5.78 Å². The standard InChI is InChI=1S/C15H12O3S2/c1-10(16)13(17)8-14(18)11-7-15(19-9-11)20-12-5-3-2-4-6-12/h2-7,9H,8H2,1H3. The Morgan fingerprint density at radius 2 is 1.85 bits per heavy atom. The van der Waals surface area contributed by atoms with Gasteiger partial charge in [0.1, 0.15) is 0 Å². The molecule has 0 aliphatic heterocycles. The molecule has 0 aliphatic carbocycles. The molecule has 1 aromatic heterocycles. The summed E-state index contributed by atoms with van der Waals surface area (Å²) >= 11 is 3.02. The van der Waals surface area contributed by atoms with Crippen LogP contribution >= 0.6 is 23.1 Å². The number of rotatable bonds is 6. The van der Waals surface area contributed by atoms with Crippen molar-refractivity contribution >= 4 is 40.4 Å². The van der Waals surface area contributed by atoms with Gasteiger partial charge in [-0.2, -0.15) is 0 Å². The van der Waals surface area contributed by atoms with Gasteiger partial charge in [-0.3, -0.25) is 14.4 Å². The molecule has 0 saturated heterocycles. The highest BCUT2D eigenvalue weighted by Crippen LogP contribution is 2.32. The van der Waals surface area contributed by atoms with Gasteiger partial charge < -0.3 is 0 Å². The van der Waals surface area contributed by atoms with Crippen LogP contribution < -0.4 is 0 Å². The molecule has 1 aromatic carbocycles. The summed E-state index contributed by atoms with van der Waals surface area (Å²) in [6.45, 7) is 1.18. The second kappa shape index (κ2) is 6.63. The second-order valence-electron chi connectivity index (χ2n) is 4.15. The molecule has 0 spiro atoms. The predicted octanol–water partition coefficient (Wildman–Crippen LogP) is 3.63. The van der Waals surface area contributed by atoms with E-state index in [2.05, 4.69) is 0 Å². The molecule has 3 nitrogen and oxygen atoms in total. The lowest BCUT2D eigenvalue weighted by atomic mass is 10.1. The van der Waals surface area contributed by atoms with E-state index in [1.165, 1.54) is 18.3 Å². The van der Waals surface area contributed by atoms with Crippen LogP contribution in [0.15, 0.2) is 50.9 Å². The highest BCUT2D eigenvalue weighted by atomic mass is 32.2. The van der Waals surface area contributed by atoms with Gasteiger partial charge in [0, 0.05) is 22.8 Å². The lowest BCUT2D eigenvalue weighted by Crippen LogP contribution is -2.14. The number of carbonyl (C=O) groups is 3. The van der Waals surface area contributed by atoms with Crippen molar-refractivity contribution in [1.82, 2.24) is 0 Å². The van der Waals surface area contributed by atoms with Gasteiger partial charge in [-0.15, -0.1) is 11.3 Å². The molecule has 102 valence electrons. The predicted molar refractivity (Wildman–Crippen MR) is 79.5 cm³/mol. The van der Waals surface area contributed by atoms with Crippen LogP contribution in [-0.2, 0) is 9.59 Å². The van der Waals surface area contributed by atoms with Crippen LogP contribution in [0.2, 0.25) is 0 Å². The van der Waals surface area contributed by atoms with Gasteiger partial charge in [0.15, 0.2) is 11.6 Å². The summed E-state index contributed by atoms with van der Waals surface area (Å²) < 4.78 is 0.981. The third-order valence-electron chi connectivity index (χ3n) is 2.57. The quantitative estimate of drug-likeness (QED) is 0.464. The first kappa shape index (κ1) is 14.7. The molecule has 0 radical (unpaired) electrons. The van der Waals surface area contributed by atoms with Crippen molar-refractivity contribution in [2.75, 3.05) is 0 Å². The SMILES string of the molecule is CC(=O)C(=O)CC(=O)c1csc(Sc2ccccc2)c1. The van der Waals surface area contributed by atoms with Gasteiger partial charge in [-0.25, -0.2) is 0 Å². The van der Waals surface area contributed by atoms with E-state index >= 15 is 0 Å². The number of benzene rings is 1. The Morgan fingerprint density at radius 3 is 2.50 bits per heavy atom. The van der Waals surface area contributed by atoms with E-state index < -0.39 is 11.6 Å². The zero-order valence-corrected chi connectivity index (χ0v) is 12.4. The minimum absolute atomic E-state index is 0.304. The van der Waals surface area contributed by atoms with E-state index in [0.29, 0.717) is 5.56 Å². The Labute approximate surface area is 125 Å². The van der Waals surface area contributed by atoms with Gasteiger partial charge >= 0.3 is 0 Å². The molecule has 1 heterocycles. The first-order valence-corrected chi connectivity index (χ1v) is 7.64. The maximum atomic E-state index is 11.8. The van der Waals surface area contributed by atoms with E-state index in [4.69, 9.17) is 0 Å². The first-order valence-electron chi connectivity index (χ1n) is 5.94. The van der Waals surface area contributed by atoms with E-state index in [1.54, 1.807) is 23.2 Å². The fourth-order valence-electron chi connectivity index (χ4n) is 1.49. The molecule has 2 aromatic rings. The molecule has 0 bridgehead atoms. The van der Waals surface area contributed by atoms with Crippen LogP contribution in [0.3, 0.4) is 0 Å². The average Bonchev–Trinajstić information content (AvgIpc) is 2.88. The van der Waals surface area contributed by atoms with Crippen molar-refractivity contribution in [2.24, 2.45) is 0 Å². The first-order chi connectivity index (χ1) is 9.56. The third-order valence-corrected chi connectivity index (χ3v) is 4.66. The molecular weight excluding hydrogens is 292 g/mol. The average molecular weight is 304 g/mol. The van der Waals surface area contributed by atoms with E-state index in [-0.39, 0.29) is 12.2 Å². The molecule has 0 unspecified atom stereocenters. The number of hydrogen-bond donors (Lipinski definition) is 0. The minimum atomic E-state index is -0.640. The topological polar surface area (TPSA) is 51.2 Å².